The summed E-state index contributed by atoms with van der Waals surface area (Å²) in [5, 5.41) is 8.38. The third-order valence-corrected chi connectivity index (χ3v) is 4.79. The number of ether oxygens (including phenoxy) is 2. The van der Waals surface area contributed by atoms with Gasteiger partial charge in [-0.3, -0.25) is 4.79 Å². The molecule has 126 valence electrons. The summed E-state index contributed by atoms with van der Waals surface area (Å²) < 4.78 is 17.1. The molecule has 0 aliphatic carbocycles. The van der Waals surface area contributed by atoms with Crippen LogP contribution in [0.15, 0.2) is 33.9 Å². The van der Waals surface area contributed by atoms with Crippen LogP contribution in [0.3, 0.4) is 0 Å². The first-order chi connectivity index (χ1) is 11.8. The Morgan fingerprint density at radius 2 is 2.00 bits per heavy atom. The molecule has 7 nitrogen and oxygen atoms in total. The Morgan fingerprint density at radius 3 is 2.83 bits per heavy atom. The highest BCUT2D eigenvalue weighted by Gasteiger charge is 2.27. The molecule has 0 spiro atoms. The van der Waals surface area contributed by atoms with E-state index in [-0.39, 0.29) is 5.91 Å². The summed E-state index contributed by atoms with van der Waals surface area (Å²) in [4.78, 5) is 13.9. The number of fused-ring (bicyclic) bond motifs is 1. The first-order valence-electron chi connectivity index (χ1n) is 7.92. The number of hydrogen-bond donors (Lipinski definition) is 0. The number of benzene rings is 1. The third kappa shape index (κ3) is 3.19. The first-order valence-corrected chi connectivity index (χ1v) is 8.90. The van der Waals surface area contributed by atoms with E-state index in [0.717, 1.165) is 25.9 Å². The highest BCUT2D eigenvalue weighted by molar-refractivity contribution is 7.99. The fraction of sp³-hybridized carbons (Fsp3) is 0.438. The second-order valence-corrected chi connectivity index (χ2v) is 6.57. The van der Waals surface area contributed by atoms with Crippen molar-refractivity contribution in [3.8, 4) is 11.5 Å². The molecule has 0 N–H and O–H groups in total. The van der Waals surface area contributed by atoms with Crippen molar-refractivity contribution < 1.29 is 18.7 Å². The Bertz CT molecular complexity index is 730. The number of aromatic nitrogens is 2. The van der Waals surface area contributed by atoms with E-state index in [1.165, 1.54) is 11.8 Å². The quantitative estimate of drug-likeness (QED) is 0.785. The molecule has 1 aromatic heterocycles. The number of likely N-dealkylation sites (tertiary alicyclic amines) is 1. The van der Waals surface area contributed by atoms with Gasteiger partial charge in [0.15, 0.2) is 11.5 Å². The van der Waals surface area contributed by atoms with E-state index in [1.807, 2.05) is 29.2 Å². The highest BCUT2D eigenvalue weighted by atomic mass is 32.2. The number of carbonyl (C=O) groups is 1. The van der Waals surface area contributed by atoms with Crippen LogP contribution in [0.5, 0.6) is 11.5 Å². The average Bonchev–Trinajstić information content (AvgIpc) is 3.31. The predicted octanol–water partition coefficient (Wildman–Crippen LogP) is 2.30. The van der Waals surface area contributed by atoms with E-state index in [0.29, 0.717) is 35.0 Å². The topological polar surface area (TPSA) is 77.7 Å². The molecule has 8 heteroatoms. The Hall–Kier alpha value is -2.22. The van der Waals surface area contributed by atoms with E-state index in [9.17, 15) is 4.79 Å². The van der Waals surface area contributed by atoms with Gasteiger partial charge in [-0.05, 0) is 25.0 Å². The van der Waals surface area contributed by atoms with Crippen molar-refractivity contribution in [3.63, 3.8) is 0 Å². The summed E-state index contributed by atoms with van der Waals surface area (Å²) in [6, 6.07) is 7.46. The molecular formula is C16H17N3O4S. The van der Waals surface area contributed by atoms with Crippen LogP contribution in [0.25, 0.3) is 0 Å². The van der Waals surface area contributed by atoms with Crippen LogP contribution in [-0.4, -0.2) is 46.5 Å². The Balaban J connectivity index is 1.36. The van der Waals surface area contributed by atoms with Crippen LogP contribution in [0, 0.1) is 0 Å². The van der Waals surface area contributed by atoms with Gasteiger partial charge in [0.05, 0.1) is 5.75 Å². The minimum atomic E-state index is -0.434. The zero-order valence-electron chi connectivity index (χ0n) is 13.0. The second kappa shape index (κ2) is 6.72. The summed E-state index contributed by atoms with van der Waals surface area (Å²) in [5.74, 6) is 2.15. The monoisotopic (exact) mass is 347 g/mol. The fourth-order valence-corrected chi connectivity index (χ4v) is 3.40. The lowest BCUT2D eigenvalue weighted by atomic mass is 10.2. The lowest BCUT2D eigenvalue weighted by molar-refractivity contribution is -0.127. The van der Waals surface area contributed by atoms with Gasteiger partial charge in [-0.15, -0.1) is 10.2 Å². The number of hydrogen-bond acceptors (Lipinski definition) is 7. The SMILES string of the molecule is O=C(CSc1nnc([C@H]2COc3ccccc3O2)o1)N1CCCC1. The minimum absolute atomic E-state index is 0.114. The largest absolute Gasteiger partial charge is 0.485 e. The van der Waals surface area contributed by atoms with E-state index in [2.05, 4.69) is 10.2 Å². The maximum absolute atomic E-state index is 12.0. The molecule has 0 bridgehead atoms. The lowest BCUT2D eigenvalue weighted by Gasteiger charge is -2.23. The van der Waals surface area contributed by atoms with Gasteiger partial charge >= 0.3 is 0 Å². The molecule has 24 heavy (non-hydrogen) atoms. The van der Waals surface area contributed by atoms with Gasteiger partial charge in [-0.2, -0.15) is 0 Å². The van der Waals surface area contributed by atoms with E-state index < -0.39 is 6.10 Å². The number of para-hydroxylation sites is 2. The van der Waals surface area contributed by atoms with Crippen molar-refractivity contribution in [1.29, 1.82) is 0 Å². The molecule has 1 atom stereocenters. The van der Waals surface area contributed by atoms with Gasteiger partial charge in [-0.25, -0.2) is 0 Å². The van der Waals surface area contributed by atoms with E-state index in [1.54, 1.807) is 0 Å². The summed E-state index contributed by atoms with van der Waals surface area (Å²) in [7, 11) is 0. The zero-order valence-corrected chi connectivity index (χ0v) is 13.8. The molecule has 2 aliphatic heterocycles. The Morgan fingerprint density at radius 1 is 1.21 bits per heavy atom. The van der Waals surface area contributed by atoms with Crippen molar-refractivity contribution in [2.45, 2.75) is 24.2 Å². The summed E-state index contributed by atoms with van der Waals surface area (Å²) in [6.07, 6.45) is 1.74. The van der Waals surface area contributed by atoms with Crippen LogP contribution in [0.2, 0.25) is 0 Å². The number of thioether (sulfide) groups is 1. The molecule has 4 rings (SSSR count). The predicted molar refractivity (Wildman–Crippen MR) is 86.1 cm³/mol. The number of nitrogens with zero attached hydrogens (tertiary/aromatic N) is 3. The molecule has 1 amide bonds. The first kappa shape index (κ1) is 15.3. The fourth-order valence-electron chi connectivity index (χ4n) is 2.73. The summed E-state index contributed by atoms with van der Waals surface area (Å²) >= 11 is 1.26. The molecule has 0 radical (unpaired) electrons. The van der Waals surface area contributed by atoms with Crippen molar-refractivity contribution in [2.75, 3.05) is 25.4 Å². The van der Waals surface area contributed by atoms with Crippen molar-refractivity contribution in [2.24, 2.45) is 0 Å². The van der Waals surface area contributed by atoms with E-state index >= 15 is 0 Å². The lowest BCUT2D eigenvalue weighted by Crippen LogP contribution is -2.29. The average molecular weight is 347 g/mol. The zero-order chi connectivity index (χ0) is 16.4. The molecule has 1 aromatic carbocycles. The molecule has 1 saturated heterocycles. The molecule has 0 unspecified atom stereocenters. The van der Waals surface area contributed by atoms with Crippen molar-refractivity contribution in [3.05, 3.63) is 30.2 Å². The van der Waals surface area contributed by atoms with Gasteiger partial charge in [0, 0.05) is 13.1 Å². The number of rotatable bonds is 4. The minimum Gasteiger partial charge on any atom is -0.485 e. The van der Waals surface area contributed by atoms with Crippen LogP contribution in [0.4, 0.5) is 0 Å². The van der Waals surface area contributed by atoms with Crippen molar-refractivity contribution in [1.82, 2.24) is 15.1 Å². The number of carbonyl (C=O) groups excluding carboxylic acids is 1. The Labute approximate surface area is 143 Å². The van der Waals surface area contributed by atoms with Gasteiger partial charge in [0.2, 0.25) is 12.0 Å². The maximum atomic E-state index is 12.0. The maximum Gasteiger partial charge on any atom is 0.277 e. The van der Waals surface area contributed by atoms with Crippen LogP contribution in [0.1, 0.15) is 24.8 Å². The summed E-state index contributed by atoms with van der Waals surface area (Å²) in [6.45, 7) is 2.01. The standard InChI is InChI=1S/C16H17N3O4S/c20-14(19-7-3-4-8-19)10-24-16-18-17-15(23-16)13-9-21-11-5-1-2-6-12(11)22-13/h1-2,5-6,13H,3-4,7-10H2/t13-/m1/s1. The third-order valence-electron chi connectivity index (χ3n) is 3.98. The number of amides is 1. The highest BCUT2D eigenvalue weighted by Crippen LogP contribution is 2.35. The van der Waals surface area contributed by atoms with Crippen LogP contribution in [-0.2, 0) is 4.79 Å². The van der Waals surface area contributed by atoms with Gasteiger partial charge in [-0.1, -0.05) is 23.9 Å². The molecule has 2 aromatic rings. The van der Waals surface area contributed by atoms with E-state index in [4.69, 9.17) is 13.9 Å². The summed E-state index contributed by atoms with van der Waals surface area (Å²) in [5.41, 5.74) is 0. The molecule has 1 fully saturated rings. The molecule has 2 aliphatic rings. The van der Waals surface area contributed by atoms with Gasteiger partial charge in [0.1, 0.15) is 6.61 Å². The smallest absolute Gasteiger partial charge is 0.277 e. The van der Waals surface area contributed by atoms with Gasteiger partial charge in [0.25, 0.3) is 11.1 Å². The molecule has 3 heterocycles. The molecular weight excluding hydrogens is 330 g/mol. The van der Waals surface area contributed by atoms with Crippen LogP contribution >= 0.6 is 11.8 Å². The Kier molecular flexibility index (Phi) is 4.29. The van der Waals surface area contributed by atoms with Gasteiger partial charge < -0.3 is 18.8 Å². The normalized spacial score (nSPS) is 19.5. The molecule has 0 saturated carbocycles. The second-order valence-electron chi connectivity index (χ2n) is 5.65. The van der Waals surface area contributed by atoms with Crippen LogP contribution < -0.4 is 9.47 Å². The van der Waals surface area contributed by atoms with Crippen molar-refractivity contribution >= 4 is 17.7 Å².